The smallest absolute Gasteiger partial charge is 0.422 e. The number of anilines is 1. The fourth-order valence-corrected chi connectivity index (χ4v) is 2.27. The molecule has 1 amide bonds. The molecular formula is C16H11F4N5O2. The summed E-state index contributed by atoms with van der Waals surface area (Å²) in [5.74, 6) is -0.957. The topological polar surface area (TPSA) is 81.9 Å². The Labute approximate surface area is 149 Å². The summed E-state index contributed by atoms with van der Waals surface area (Å²) < 4.78 is 56.9. The van der Waals surface area contributed by atoms with Gasteiger partial charge in [0.05, 0.1) is 18.1 Å². The van der Waals surface area contributed by atoms with Crippen LogP contribution in [0, 0.1) is 5.82 Å². The van der Waals surface area contributed by atoms with Crippen LogP contribution in [0.1, 0.15) is 0 Å². The molecule has 0 spiro atoms. The van der Waals surface area contributed by atoms with Gasteiger partial charge in [0, 0.05) is 17.7 Å². The van der Waals surface area contributed by atoms with Gasteiger partial charge >= 0.3 is 6.18 Å². The number of benzene rings is 1. The lowest BCUT2D eigenvalue weighted by atomic mass is 10.1. The second-order valence-electron chi connectivity index (χ2n) is 5.26. The van der Waals surface area contributed by atoms with Crippen molar-refractivity contribution < 1.29 is 27.1 Å². The fraction of sp³-hybridized carbons (Fsp3) is 0.125. The Bertz CT molecular complexity index is 944. The van der Waals surface area contributed by atoms with Crippen molar-refractivity contribution in [3.05, 3.63) is 48.8 Å². The molecule has 0 atom stereocenters. The lowest BCUT2D eigenvalue weighted by Gasteiger charge is -2.11. The molecule has 27 heavy (non-hydrogen) atoms. The van der Waals surface area contributed by atoms with Crippen LogP contribution in [0.25, 0.3) is 16.9 Å². The zero-order valence-electron chi connectivity index (χ0n) is 13.4. The van der Waals surface area contributed by atoms with E-state index in [4.69, 9.17) is 0 Å². The minimum Gasteiger partial charge on any atom is -0.484 e. The Morgan fingerprint density at radius 3 is 2.56 bits per heavy atom. The Kier molecular flexibility index (Phi) is 5.01. The van der Waals surface area contributed by atoms with Crippen LogP contribution in [0.5, 0.6) is 5.75 Å². The number of aromatic nitrogens is 4. The van der Waals surface area contributed by atoms with Gasteiger partial charge in [-0.25, -0.2) is 19.0 Å². The summed E-state index contributed by atoms with van der Waals surface area (Å²) in [6, 6.07) is 4.59. The lowest BCUT2D eigenvalue weighted by molar-refractivity contribution is -0.153. The van der Waals surface area contributed by atoms with E-state index < -0.39 is 18.6 Å². The molecule has 0 fully saturated rings. The van der Waals surface area contributed by atoms with Gasteiger partial charge in [-0.1, -0.05) is 0 Å². The highest BCUT2D eigenvalue weighted by Gasteiger charge is 2.28. The maximum absolute atomic E-state index is 13.9. The van der Waals surface area contributed by atoms with Gasteiger partial charge in [0.2, 0.25) is 6.41 Å². The summed E-state index contributed by atoms with van der Waals surface area (Å²) in [4.78, 5) is 18.4. The number of nitrogens with one attached hydrogen (secondary N) is 1. The van der Waals surface area contributed by atoms with E-state index in [2.05, 4.69) is 25.1 Å². The number of nitrogens with zero attached hydrogens (tertiary/aromatic N) is 4. The Balaban J connectivity index is 2.05. The van der Waals surface area contributed by atoms with Gasteiger partial charge in [-0.15, -0.1) is 5.10 Å². The number of hydrogen-bond donors (Lipinski definition) is 1. The number of ether oxygens (including phenoxy) is 1. The number of amides is 1. The maximum atomic E-state index is 13.9. The van der Waals surface area contributed by atoms with E-state index in [9.17, 15) is 22.4 Å². The van der Waals surface area contributed by atoms with Crippen LogP contribution in [0.2, 0.25) is 0 Å². The lowest BCUT2D eigenvalue weighted by Crippen LogP contribution is -2.19. The standard InChI is InChI=1S/C16H11F4N5O2/c17-11-1-10(2-13(3-11)27-7-16(18,19)20)14-4-15(23-9-26)24-25(14)12-5-21-8-22-6-12/h1-6,8-9H,7H2,(H,23,24,26). The average molecular weight is 381 g/mol. The first-order valence-corrected chi connectivity index (χ1v) is 7.42. The normalized spacial score (nSPS) is 11.3. The summed E-state index contributed by atoms with van der Waals surface area (Å²) >= 11 is 0. The molecule has 3 rings (SSSR count). The van der Waals surface area contributed by atoms with Crippen LogP contribution >= 0.6 is 0 Å². The molecular weight excluding hydrogens is 370 g/mol. The first kappa shape index (κ1) is 18.3. The van der Waals surface area contributed by atoms with Gasteiger partial charge in [-0.05, 0) is 12.1 Å². The highest BCUT2D eigenvalue weighted by molar-refractivity contribution is 5.74. The predicted molar refractivity (Wildman–Crippen MR) is 85.8 cm³/mol. The molecule has 0 unspecified atom stereocenters. The van der Waals surface area contributed by atoms with Crippen LogP contribution < -0.4 is 10.1 Å². The number of halogens is 4. The third kappa shape index (κ3) is 4.57. The summed E-state index contributed by atoms with van der Waals surface area (Å²) in [6.07, 6.45) is -0.0102. The molecule has 0 radical (unpaired) electrons. The van der Waals surface area contributed by atoms with Crippen molar-refractivity contribution in [3.8, 4) is 22.7 Å². The second kappa shape index (κ2) is 7.40. The molecule has 0 aliphatic heterocycles. The van der Waals surface area contributed by atoms with Crippen LogP contribution in [0.4, 0.5) is 23.4 Å². The molecule has 1 N–H and O–H groups in total. The molecule has 7 nitrogen and oxygen atoms in total. The molecule has 140 valence electrons. The van der Waals surface area contributed by atoms with Gasteiger partial charge in [0.1, 0.15) is 23.6 Å². The third-order valence-electron chi connectivity index (χ3n) is 3.28. The minimum atomic E-state index is -4.56. The van der Waals surface area contributed by atoms with E-state index in [1.54, 1.807) is 0 Å². The molecule has 3 aromatic rings. The SMILES string of the molecule is O=CNc1cc(-c2cc(F)cc(OCC(F)(F)F)c2)n(-c2cncnc2)n1. The summed E-state index contributed by atoms with van der Waals surface area (Å²) in [6.45, 7) is -1.56. The van der Waals surface area contributed by atoms with Gasteiger partial charge in [0.25, 0.3) is 0 Å². The van der Waals surface area contributed by atoms with Crippen molar-refractivity contribution in [2.24, 2.45) is 0 Å². The van der Waals surface area contributed by atoms with Crippen molar-refractivity contribution >= 4 is 12.2 Å². The zero-order chi connectivity index (χ0) is 19.4. The molecule has 2 heterocycles. The van der Waals surface area contributed by atoms with Gasteiger partial charge in [-0.3, -0.25) is 4.79 Å². The van der Waals surface area contributed by atoms with E-state index in [0.29, 0.717) is 12.1 Å². The third-order valence-corrected chi connectivity index (χ3v) is 3.28. The molecule has 11 heteroatoms. The van der Waals surface area contributed by atoms with E-state index in [-0.39, 0.29) is 22.8 Å². The first-order chi connectivity index (χ1) is 12.9. The highest BCUT2D eigenvalue weighted by atomic mass is 19.4. The maximum Gasteiger partial charge on any atom is 0.422 e. The average Bonchev–Trinajstić information content (AvgIpc) is 3.04. The number of hydrogen-bond acceptors (Lipinski definition) is 5. The summed E-state index contributed by atoms with van der Waals surface area (Å²) in [7, 11) is 0. The number of rotatable bonds is 6. The molecule has 0 saturated heterocycles. The highest BCUT2D eigenvalue weighted by Crippen LogP contribution is 2.30. The summed E-state index contributed by atoms with van der Waals surface area (Å²) in [5, 5.41) is 6.50. The first-order valence-electron chi connectivity index (χ1n) is 7.42. The van der Waals surface area contributed by atoms with Crippen LogP contribution in [0.15, 0.2) is 43.0 Å². The van der Waals surface area contributed by atoms with Crippen molar-refractivity contribution in [3.63, 3.8) is 0 Å². The summed E-state index contributed by atoms with van der Waals surface area (Å²) in [5.41, 5.74) is 0.862. The fourth-order valence-electron chi connectivity index (χ4n) is 2.27. The Hall–Kier alpha value is -3.50. The minimum absolute atomic E-state index is 0.144. The molecule has 0 bridgehead atoms. The number of carbonyl (C=O) groups excluding carboxylic acids is 1. The van der Waals surface area contributed by atoms with Crippen molar-refractivity contribution in [1.29, 1.82) is 0 Å². The van der Waals surface area contributed by atoms with Crippen molar-refractivity contribution in [1.82, 2.24) is 19.7 Å². The van der Waals surface area contributed by atoms with E-state index >= 15 is 0 Å². The van der Waals surface area contributed by atoms with E-state index in [0.717, 1.165) is 12.1 Å². The quantitative estimate of drug-likeness (QED) is 0.524. The molecule has 0 saturated carbocycles. The van der Waals surface area contributed by atoms with E-state index in [1.165, 1.54) is 35.5 Å². The van der Waals surface area contributed by atoms with Gasteiger partial charge in [-0.2, -0.15) is 13.2 Å². The monoisotopic (exact) mass is 381 g/mol. The van der Waals surface area contributed by atoms with Crippen molar-refractivity contribution in [2.75, 3.05) is 11.9 Å². The number of carbonyl (C=O) groups is 1. The molecule has 2 aromatic heterocycles. The molecule has 0 aliphatic rings. The second-order valence-corrected chi connectivity index (χ2v) is 5.26. The van der Waals surface area contributed by atoms with Crippen molar-refractivity contribution in [2.45, 2.75) is 6.18 Å². The van der Waals surface area contributed by atoms with Gasteiger partial charge in [0.15, 0.2) is 12.4 Å². The van der Waals surface area contributed by atoms with E-state index in [1.807, 2.05) is 0 Å². The number of alkyl halides is 3. The van der Waals surface area contributed by atoms with Crippen LogP contribution in [-0.4, -0.2) is 38.9 Å². The largest absolute Gasteiger partial charge is 0.484 e. The predicted octanol–water partition coefficient (Wildman–Crippen LogP) is 2.98. The van der Waals surface area contributed by atoms with Crippen LogP contribution in [-0.2, 0) is 4.79 Å². The molecule has 0 aliphatic carbocycles. The molecule has 1 aromatic carbocycles. The van der Waals surface area contributed by atoms with Crippen LogP contribution in [0.3, 0.4) is 0 Å². The Morgan fingerprint density at radius 2 is 1.89 bits per heavy atom. The Morgan fingerprint density at radius 1 is 1.15 bits per heavy atom. The zero-order valence-corrected chi connectivity index (χ0v) is 13.4. The van der Waals surface area contributed by atoms with Gasteiger partial charge < -0.3 is 10.1 Å².